The molecule has 0 radical (unpaired) electrons. The molecule has 1 amide bonds. The van der Waals surface area contributed by atoms with Gasteiger partial charge in [0.05, 0.1) is 6.20 Å². The van der Waals surface area contributed by atoms with E-state index in [1.54, 1.807) is 12.4 Å². The fourth-order valence-corrected chi connectivity index (χ4v) is 2.43. The van der Waals surface area contributed by atoms with E-state index in [0.29, 0.717) is 18.8 Å². The molecule has 5 heteroatoms. The van der Waals surface area contributed by atoms with E-state index in [9.17, 15) is 4.79 Å². The molecule has 2 aromatic rings. The number of aromatic nitrogens is 2. The SMILES string of the molecule is CCN(CC)CCN(Cc1ccccc1)C(=O)c1cnccn1. The first kappa shape index (κ1) is 17.1. The first-order chi connectivity index (χ1) is 11.2. The van der Waals surface area contributed by atoms with Crippen molar-refractivity contribution in [3.05, 3.63) is 60.2 Å². The minimum atomic E-state index is -0.0749. The van der Waals surface area contributed by atoms with Crippen molar-refractivity contribution in [2.75, 3.05) is 26.2 Å². The second kappa shape index (κ2) is 9.00. The molecule has 0 atom stereocenters. The van der Waals surface area contributed by atoms with Gasteiger partial charge in [0.1, 0.15) is 5.69 Å². The van der Waals surface area contributed by atoms with Gasteiger partial charge in [0, 0.05) is 32.0 Å². The summed E-state index contributed by atoms with van der Waals surface area (Å²) in [5.41, 5.74) is 1.51. The Balaban J connectivity index is 2.12. The molecule has 1 aromatic carbocycles. The fraction of sp³-hybridized carbons (Fsp3) is 0.389. The van der Waals surface area contributed by atoms with E-state index < -0.39 is 0 Å². The van der Waals surface area contributed by atoms with Gasteiger partial charge in [-0.1, -0.05) is 44.2 Å². The van der Waals surface area contributed by atoms with E-state index in [4.69, 9.17) is 0 Å². The van der Waals surface area contributed by atoms with Crippen molar-refractivity contribution in [2.24, 2.45) is 0 Å². The molecule has 0 aliphatic rings. The Kier molecular flexibility index (Phi) is 6.69. The van der Waals surface area contributed by atoms with Gasteiger partial charge in [0.2, 0.25) is 0 Å². The molecule has 0 fully saturated rings. The Morgan fingerprint density at radius 2 is 1.78 bits per heavy atom. The zero-order valence-corrected chi connectivity index (χ0v) is 13.9. The summed E-state index contributed by atoms with van der Waals surface area (Å²) in [5, 5.41) is 0. The molecular formula is C18H24N4O. The summed E-state index contributed by atoms with van der Waals surface area (Å²) >= 11 is 0. The number of hydrogen-bond acceptors (Lipinski definition) is 4. The number of nitrogens with zero attached hydrogens (tertiary/aromatic N) is 4. The Morgan fingerprint density at radius 1 is 1.04 bits per heavy atom. The highest BCUT2D eigenvalue weighted by atomic mass is 16.2. The smallest absolute Gasteiger partial charge is 0.274 e. The van der Waals surface area contributed by atoms with Crippen LogP contribution in [-0.4, -0.2) is 51.9 Å². The van der Waals surface area contributed by atoms with Crippen LogP contribution in [0.15, 0.2) is 48.9 Å². The summed E-state index contributed by atoms with van der Waals surface area (Å²) in [6, 6.07) is 10.0. The maximum Gasteiger partial charge on any atom is 0.274 e. The monoisotopic (exact) mass is 312 g/mol. The minimum Gasteiger partial charge on any atom is -0.332 e. The average molecular weight is 312 g/mol. The summed E-state index contributed by atoms with van der Waals surface area (Å²) in [6.07, 6.45) is 4.66. The third kappa shape index (κ3) is 5.14. The van der Waals surface area contributed by atoms with Crippen molar-refractivity contribution >= 4 is 5.91 Å². The fourth-order valence-electron chi connectivity index (χ4n) is 2.43. The van der Waals surface area contributed by atoms with Crippen molar-refractivity contribution in [1.82, 2.24) is 19.8 Å². The van der Waals surface area contributed by atoms with E-state index in [-0.39, 0.29) is 5.91 Å². The number of benzene rings is 1. The molecule has 0 saturated heterocycles. The summed E-state index contributed by atoms with van der Waals surface area (Å²) in [5.74, 6) is -0.0749. The molecule has 0 aliphatic heterocycles. The van der Waals surface area contributed by atoms with Gasteiger partial charge in [0.25, 0.3) is 5.91 Å². The predicted molar refractivity (Wildman–Crippen MR) is 91.0 cm³/mol. The molecular weight excluding hydrogens is 288 g/mol. The van der Waals surface area contributed by atoms with Crippen LogP contribution in [0.5, 0.6) is 0 Å². The van der Waals surface area contributed by atoms with E-state index >= 15 is 0 Å². The predicted octanol–water partition coefficient (Wildman–Crippen LogP) is 2.46. The lowest BCUT2D eigenvalue weighted by atomic mass is 10.2. The number of amides is 1. The number of likely N-dealkylation sites (N-methyl/N-ethyl adjacent to an activating group) is 1. The molecule has 0 N–H and O–H groups in total. The molecule has 0 aliphatic carbocycles. The third-order valence-corrected chi connectivity index (χ3v) is 3.87. The second-order valence-corrected chi connectivity index (χ2v) is 5.33. The number of hydrogen-bond donors (Lipinski definition) is 0. The zero-order chi connectivity index (χ0) is 16.5. The largest absolute Gasteiger partial charge is 0.332 e. The van der Waals surface area contributed by atoms with Crippen LogP contribution in [-0.2, 0) is 6.54 Å². The van der Waals surface area contributed by atoms with Crippen LogP contribution >= 0.6 is 0 Å². The first-order valence-electron chi connectivity index (χ1n) is 8.06. The Morgan fingerprint density at radius 3 is 2.39 bits per heavy atom. The van der Waals surface area contributed by atoms with Gasteiger partial charge < -0.3 is 9.80 Å². The molecule has 0 bridgehead atoms. The standard InChI is InChI=1S/C18H24N4O/c1-3-21(4-2)12-13-22(15-16-8-6-5-7-9-16)18(23)17-14-19-10-11-20-17/h5-11,14H,3-4,12-13,15H2,1-2H3. The molecule has 2 rings (SSSR count). The van der Waals surface area contributed by atoms with Crippen LogP contribution in [0.25, 0.3) is 0 Å². The molecule has 122 valence electrons. The second-order valence-electron chi connectivity index (χ2n) is 5.33. The normalized spacial score (nSPS) is 10.7. The van der Waals surface area contributed by atoms with Gasteiger partial charge >= 0.3 is 0 Å². The molecule has 23 heavy (non-hydrogen) atoms. The van der Waals surface area contributed by atoms with Crippen molar-refractivity contribution < 1.29 is 4.79 Å². The highest BCUT2D eigenvalue weighted by molar-refractivity contribution is 5.91. The van der Waals surface area contributed by atoms with Crippen molar-refractivity contribution in [3.63, 3.8) is 0 Å². The minimum absolute atomic E-state index is 0.0749. The summed E-state index contributed by atoms with van der Waals surface area (Å²) in [4.78, 5) is 25.0. The molecule has 0 spiro atoms. The number of carbonyl (C=O) groups excluding carboxylic acids is 1. The van der Waals surface area contributed by atoms with Gasteiger partial charge in [0.15, 0.2) is 0 Å². The lowest BCUT2D eigenvalue weighted by molar-refractivity contribution is 0.0717. The molecule has 1 heterocycles. The highest BCUT2D eigenvalue weighted by Crippen LogP contribution is 2.08. The number of rotatable bonds is 8. The lowest BCUT2D eigenvalue weighted by Crippen LogP contribution is -2.38. The Hall–Kier alpha value is -2.27. The highest BCUT2D eigenvalue weighted by Gasteiger charge is 2.18. The zero-order valence-electron chi connectivity index (χ0n) is 13.9. The first-order valence-corrected chi connectivity index (χ1v) is 8.06. The van der Waals surface area contributed by atoms with Gasteiger partial charge in [-0.2, -0.15) is 0 Å². The quantitative estimate of drug-likeness (QED) is 0.751. The van der Waals surface area contributed by atoms with Crippen LogP contribution in [0.3, 0.4) is 0 Å². The third-order valence-electron chi connectivity index (χ3n) is 3.87. The van der Waals surface area contributed by atoms with Crippen molar-refractivity contribution in [3.8, 4) is 0 Å². The van der Waals surface area contributed by atoms with E-state index in [0.717, 1.165) is 25.2 Å². The van der Waals surface area contributed by atoms with E-state index in [1.165, 1.54) is 6.20 Å². The molecule has 1 aromatic heterocycles. The Labute approximate surface area is 138 Å². The maximum absolute atomic E-state index is 12.7. The van der Waals surface area contributed by atoms with Gasteiger partial charge in [-0.3, -0.25) is 9.78 Å². The lowest BCUT2D eigenvalue weighted by Gasteiger charge is -2.26. The van der Waals surface area contributed by atoms with Gasteiger partial charge in [-0.25, -0.2) is 4.98 Å². The van der Waals surface area contributed by atoms with Crippen LogP contribution in [0.4, 0.5) is 0 Å². The van der Waals surface area contributed by atoms with Gasteiger partial charge in [-0.05, 0) is 18.7 Å². The molecule has 0 saturated carbocycles. The summed E-state index contributed by atoms with van der Waals surface area (Å²) in [6.45, 7) is 8.34. The van der Waals surface area contributed by atoms with E-state index in [2.05, 4.69) is 28.7 Å². The Bertz CT molecular complexity index is 584. The van der Waals surface area contributed by atoms with Crippen LogP contribution in [0, 0.1) is 0 Å². The average Bonchev–Trinajstić information content (AvgIpc) is 2.62. The molecule has 5 nitrogen and oxygen atoms in total. The molecule has 0 unspecified atom stereocenters. The van der Waals surface area contributed by atoms with Gasteiger partial charge in [-0.15, -0.1) is 0 Å². The summed E-state index contributed by atoms with van der Waals surface area (Å²) < 4.78 is 0. The van der Waals surface area contributed by atoms with Crippen LogP contribution < -0.4 is 0 Å². The van der Waals surface area contributed by atoms with Crippen LogP contribution in [0.1, 0.15) is 29.9 Å². The summed E-state index contributed by atoms with van der Waals surface area (Å²) in [7, 11) is 0. The van der Waals surface area contributed by atoms with Crippen molar-refractivity contribution in [2.45, 2.75) is 20.4 Å². The topological polar surface area (TPSA) is 49.3 Å². The van der Waals surface area contributed by atoms with Crippen LogP contribution in [0.2, 0.25) is 0 Å². The maximum atomic E-state index is 12.7. The van der Waals surface area contributed by atoms with Crippen molar-refractivity contribution in [1.29, 1.82) is 0 Å². The number of carbonyl (C=O) groups is 1. The van der Waals surface area contributed by atoms with E-state index in [1.807, 2.05) is 35.2 Å².